The highest BCUT2D eigenvalue weighted by Gasteiger charge is 2.15. The first-order valence-electron chi connectivity index (χ1n) is 9.56. The highest BCUT2D eigenvalue weighted by atomic mass is 32.2. The molecule has 1 heterocycles. The van der Waals surface area contributed by atoms with Crippen LogP contribution in [0.4, 0.5) is 0 Å². The molecule has 28 heavy (non-hydrogen) atoms. The minimum absolute atomic E-state index is 0.0754. The number of amides is 1. The lowest BCUT2D eigenvalue weighted by Gasteiger charge is -2.15. The number of benzene rings is 2. The number of thioether (sulfide) groups is 1. The van der Waals surface area contributed by atoms with E-state index in [2.05, 4.69) is 36.3 Å². The van der Waals surface area contributed by atoms with Gasteiger partial charge in [-0.1, -0.05) is 49.9 Å². The molecule has 0 unspecified atom stereocenters. The monoisotopic (exact) mass is 395 g/mol. The second-order valence-corrected chi connectivity index (χ2v) is 7.64. The van der Waals surface area contributed by atoms with Gasteiger partial charge >= 0.3 is 0 Å². The second-order valence-electron chi connectivity index (χ2n) is 6.70. The number of para-hydroxylation sites is 1. The Hall–Kier alpha value is -2.60. The van der Waals surface area contributed by atoms with Crippen molar-refractivity contribution in [2.45, 2.75) is 38.3 Å². The van der Waals surface area contributed by atoms with Crippen LogP contribution >= 0.6 is 11.8 Å². The maximum Gasteiger partial charge on any atom is 0.266 e. The summed E-state index contributed by atoms with van der Waals surface area (Å²) in [7, 11) is 0. The molecule has 3 rings (SSSR count). The van der Waals surface area contributed by atoms with Crippen molar-refractivity contribution in [3.63, 3.8) is 0 Å². The Kier molecular flexibility index (Phi) is 6.52. The number of hydrogen-bond donors (Lipinski definition) is 1. The average molecular weight is 396 g/mol. The van der Waals surface area contributed by atoms with Gasteiger partial charge in [-0.15, -0.1) is 0 Å². The zero-order chi connectivity index (χ0) is 20.1. The number of fused-ring (bicyclic) bond motifs is 1. The fraction of sp³-hybridized carbons (Fsp3) is 0.318. The van der Waals surface area contributed by atoms with Crippen LogP contribution in [0.3, 0.4) is 0 Å². The first-order valence-corrected chi connectivity index (χ1v) is 10.5. The molecule has 0 aliphatic heterocycles. The normalized spacial score (nSPS) is 12.1. The highest BCUT2D eigenvalue weighted by Crippen LogP contribution is 2.24. The Balaban J connectivity index is 2.08. The van der Waals surface area contributed by atoms with Crippen molar-refractivity contribution in [2.24, 2.45) is 0 Å². The fourth-order valence-electron chi connectivity index (χ4n) is 3.00. The van der Waals surface area contributed by atoms with Crippen LogP contribution < -0.4 is 10.9 Å². The largest absolute Gasteiger partial charge is 0.356 e. The molecule has 1 amide bonds. The van der Waals surface area contributed by atoms with Crippen LogP contribution in [0.15, 0.2) is 58.5 Å². The first-order chi connectivity index (χ1) is 13.5. The molecule has 0 saturated carbocycles. The SMILES string of the molecule is CCNC(=O)CSc1nc2ccccc2c(=O)n1-c1ccc([C@@H](C)CC)cc1. The van der Waals surface area contributed by atoms with Crippen LogP contribution in [-0.4, -0.2) is 27.8 Å². The molecule has 0 saturated heterocycles. The Morgan fingerprint density at radius 1 is 1.14 bits per heavy atom. The lowest BCUT2D eigenvalue weighted by atomic mass is 9.98. The van der Waals surface area contributed by atoms with E-state index in [0.717, 1.165) is 12.1 Å². The zero-order valence-electron chi connectivity index (χ0n) is 16.4. The van der Waals surface area contributed by atoms with Gasteiger partial charge in [-0.3, -0.25) is 14.2 Å². The number of carbonyl (C=O) groups excluding carboxylic acids is 1. The van der Waals surface area contributed by atoms with Gasteiger partial charge in [0.25, 0.3) is 5.56 Å². The second kappa shape index (κ2) is 9.06. The molecule has 6 heteroatoms. The standard InChI is InChI=1S/C22H25N3O2S/c1-4-15(3)16-10-12-17(13-11-16)25-21(27)18-8-6-7-9-19(18)24-22(25)28-14-20(26)23-5-2/h6-13,15H,4-5,14H2,1-3H3,(H,23,26)/t15-/m0/s1. The minimum atomic E-state index is -0.125. The predicted molar refractivity (Wildman–Crippen MR) is 115 cm³/mol. The number of nitrogens with zero attached hydrogens (tertiary/aromatic N) is 2. The van der Waals surface area contributed by atoms with Crippen molar-refractivity contribution in [3.8, 4) is 5.69 Å². The zero-order valence-corrected chi connectivity index (χ0v) is 17.3. The summed E-state index contributed by atoms with van der Waals surface area (Å²) in [6, 6.07) is 15.3. The number of nitrogens with one attached hydrogen (secondary N) is 1. The molecule has 0 spiro atoms. The minimum Gasteiger partial charge on any atom is -0.356 e. The third-order valence-electron chi connectivity index (χ3n) is 4.78. The van der Waals surface area contributed by atoms with Gasteiger partial charge in [0.05, 0.1) is 22.3 Å². The quantitative estimate of drug-likeness (QED) is 0.483. The lowest BCUT2D eigenvalue weighted by molar-refractivity contribution is -0.118. The van der Waals surface area contributed by atoms with E-state index in [-0.39, 0.29) is 17.2 Å². The van der Waals surface area contributed by atoms with E-state index in [1.165, 1.54) is 17.3 Å². The summed E-state index contributed by atoms with van der Waals surface area (Å²) in [6.45, 7) is 6.80. The first kappa shape index (κ1) is 20.1. The van der Waals surface area contributed by atoms with Crippen LogP contribution in [0, 0.1) is 0 Å². The van der Waals surface area contributed by atoms with Crippen LogP contribution in [0.5, 0.6) is 0 Å². The maximum absolute atomic E-state index is 13.2. The molecule has 0 aliphatic carbocycles. The number of rotatable bonds is 7. The summed E-state index contributed by atoms with van der Waals surface area (Å²) >= 11 is 1.27. The van der Waals surface area contributed by atoms with E-state index in [9.17, 15) is 9.59 Å². The van der Waals surface area contributed by atoms with Crippen molar-refractivity contribution < 1.29 is 4.79 Å². The number of aromatic nitrogens is 2. The van der Waals surface area contributed by atoms with E-state index in [4.69, 9.17) is 0 Å². The van der Waals surface area contributed by atoms with Crippen molar-refractivity contribution in [3.05, 3.63) is 64.4 Å². The van der Waals surface area contributed by atoms with Gasteiger partial charge in [-0.25, -0.2) is 4.98 Å². The van der Waals surface area contributed by atoms with Gasteiger partial charge in [-0.2, -0.15) is 0 Å². The predicted octanol–water partition coefficient (Wildman–Crippen LogP) is 4.13. The fourth-order valence-corrected chi connectivity index (χ4v) is 3.85. The van der Waals surface area contributed by atoms with Crippen molar-refractivity contribution >= 4 is 28.6 Å². The molecular formula is C22H25N3O2S. The number of hydrogen-bond acceptors (Lipinski definition) is 4. The van der Waals surface area contributed by atoms with Crippen LogP contribution in [0.2, 0.25) is 0 Å². The molecule has 5 nitrogen and oxygen atoms in total. The third kappa shape index (κ3) is 4.28. The molecule has 1 N–H and O–H groups in total. The van der Waals surface area contributed by atoms with Crippen LogP contribution in [0.25, 0.3) is 16.6 Å². The summed E-state index contributed by atoms with van der Waals surface area (Å²) in [6.07, 6.45) is 1.06. The molecule has 146 valence electrons. The van der Waals surface area contributed by atoms with Crippen LogP contribution in [-0.2, 0) is 4.79 Å². The average Bonchev–Trinajstić information content (AvgIpc) is 2.72. The highest BCUT2D eigenvalue weighted by molar-refractivity contribution is 7.99. The molecule has 2 aromatic carbocycles. The molecule has 1 atom stereocenters. The van der Waals surface area contributed by atoms with Gasteiger partial charge in [0.2, 0.25) is 5.91 Å². The summed E-state index contributed by atoms with van der Waals surface area (Å²) in [5.41, 5.74) is 2.51. The number of carbonyl (C=O) groups is 1. The van der Waals surface area contributed by atoms with E-state index in [1.54, 1.807) is 10.6 Å². The third-order valence-corrected chi connectivity index (χ3v) is 5.72. The van der Waals surface area contributed by atoms with E-state index >= 15 is 0 Å². The van der Waals surface area contributed by atoms with Gasteiger partial charge < -0.3 is 5.32 Å². The van der Waals surface area contributed by atoms with E-state index in [1.807, 2.05) is 37.3 Å². The van der Waals surface area contributed by atoms with Gasteiger partial charge in [0.15, 0.2) is 5.16 Å². The van der Waals surface area contributed by atoms with Crippen LogP contribution in [0.1, 0.15) is 38.7 Å². The van der Waals surface area contributed by atoms with Gasteiger partial charge in [0.1, 0.15) is 0 Å². The van der Waals surface area contributed by atoms with Gasteiger partial charge in [0, 0.05) is 6.54 Å². The molecule has 0 bridgehead atoms. The smallest absolute Gasteiger partial charge is 0.266 e. The Morgan fingerprint density at radius 2 is 1.86 bits per heavy atom. The topological polar surface area (TPSA) is 64.0 Å². The summed E-state index contributed by atoms with van der Waals surface area (Å²) in [5.74, 6) is 0.601. The molecule has 1 aromatic heterocycles. The Labute approximate surface area is 169 Å². The lowest BCUT2D eigenvalue weighted by Crippen LogP contribution is -2.26. The maximum atomic E-state index is 13.2. The van der Waals surface area contributed by atoms with Gasteiger partial charge in [-0.05, 0) is 49.1 Å². The summed E-state index contributed by atoms with van der Waals surface area (Å²) in [5, 5.41) is 3.86. The van der Waals surface area contributed by atoms with E-state index in [0.29, 0.717) is 28.5 Å². The van der Waals surface area contributed by atoms with Crippen molar-refractivity contribution in [1.82, 2.24) is 14.9 Å². The molecule has 3 aromatic rings. The molecular weight excluding hydrogens is 370 g/mol. The summed E-state index contributed by atoms with van der Waals surface area (Å²) < 4.78 is 1.60. The Morgan fingerprint density at radius 3 is 2.54 bits per heavy atom. The molecule has 0 fully saturated rings. The van der Waals surface area contributed by atoms with Crippen molar-refractivity contribution in [1.29, 1.82) is 0 Å². The van der Waals surface area contributed by atoms with E-state index < -0.39 is 0 Å². The molecule has 0 radical (unpaired) electrons. The van der Waals surface area contributed by atoms with Crippen molar-refractivity contribution in [2.75, 3.05) is 12.3 Å². The Bertz CT molecular complexity index is 1030. The molecule has 0 aliphatic rings. The summed E-state index contributed by atoms with van der Waals surface area (Å²) in [4.78, 5) is 29.8.